The lowest BCUT2D eigenvalue weighted by Crippen LogP contribution is -2.07. The number of rotatable bonds is 4. The third-order valence-electron chi connectivity index (χ3n) is 2.92. The van der Waals surface area contributed by atoms with Gasteiger partial charge in [0, 0.05) is 24.4 Å². The van der Waals surface area contributed by atoms with Crippen LogP contribution in [0.5, 0.6) is 0 Å². The topological polar surface area (TPSA) is 82.0 Å². The van der Waals surface area contributed by atoms with Crippen molar-refractivity contribution in [1.82, 2.24) is 0 Å². The molecule has 0 fully saturated rings. The van der Waals surface area contributed by atoms with Gasteiger partial charge in [0.2, 0.25) is 11.8 Å². The zero-order valence-corrected chi connectivity index (χ0v) is 12.5. The highest BCUT2D eigenvalue weighted by Crippen LogP contribution is 2.12. The van der Waals surface area contributed by atoms with Crippen molar-refractivity contribution in [3.05, 3.63) is 65.7 Å². The quantitative estimate of drug-likeness (QED) is 0.851. The van der Waals surface area contributed by atoms with Crippen LogP contribution >= 0.6 is 0 Å². The molecule has 0 aromatic heterocycles. The van der Waals surface area contributed by atoms with Crippen LogP contribution in [-0.2, 0) is 9.59 Å². The summed E-state index contributed by atoms with van der Waals surface area (Å²) in [6, 6.07) is 15.8. The lowest BCUT2D eigenvalue weighted by atomic mass is 10.2. The van der Waals surface area contributed by atoms with Gasteiger partial charge in [-0.1, -0.05) is 18.2 Å². The smallest absolute Gasteiger partial charge is 0.248 e. The van der Waals surface area contributed by atoms with E-state index in [0.717, 1.165) is 5.56 Å². The zero-order chi connectivity index (χ0) is 16.7. The second-order valence-corrected chi connectivity index (χ2v) is 4.82. The molecule has 0 bridgehead atoms. The minimum atomic E-state index is -0.286. The molecule has 5 nitrogen and oxygen atoms in total. The normalized spacial score (nSPS) is 10.1. The van der Waals surface area contributed by atoms with E-state index in [1.54, 1.807) is 54.6 Å². The van der Waals surface area contributed by atoms with E-state index in [2.05, 4.69) is 10.6 Å². The van der Waals surface area contributed by atoms with Crippen molar-refractivity contribution in [3.8, 4) is 6.07 Å². The lowest BCUT2D eigenvalue weighted by molar-refractivity contribution is -0.114. The Bertz CT molecular complexity index is 787. The second kappa shape index (κ2) is 7.57. The van der Waals surface area contributed by atoms with Gasteiger partial charge < -0.3 is 10.6 Å². The van der Waals surface area contributed by atoms with E-state index in [1.165, 1.54) is 13.0 Å². The fourth-order valence-corrected chi connectivity index (χ4v) is 1.90. The van der Waals surface area contributed by atoms with E-state index in [9.17, 15) is 9.59 Å². The van der Waals surface area contributed by atoms with Crippen molar-refractivity contribution in [1.29, 1.82) is 5.26 Å². The molecule has 23 heavy (non-hydrogen) atoms. The van der Waals surface area contributed by atoms with Crippen molar-refractivity contribution in [2.24, 2.45) is 0 Å². The van der Waals surface area contributed by atoms with E-state index in [1.807, 2.05) is 6.07 Å². The second-order valence-electron chi connectivity index (χ2n) is 4.82. The predicted molar refractivity (Wildman–Crippen MR) is 89.6 cm³/mol. The number of amides is 2. The average molecular weight is 305 g/mol. The van der Waals surface area contributed by atoms with Crippen molar-refractivity contribution in [2.75, 3.05) is 10.6 Å². The molecule has 5 heteroatoms. The summed E-state index contributed by atoms with van der Waals surface area (Å²) >= 11 is 0. The fraction of sp³-hybridized carbons (Fsp3) is 0.0556. The first kappa shape index (κ1) is 16.0. The molecular formula is C18H15N3O2. The maximum Gasteiger partial charge on any atom is 0.248 e. The number of nitrogens with zero attached hydrogens (tertiary/aromatic N) is 1. The number of hydrogen-bond acceptors (Lipinski definition) is 3. The van der Waals surface area contributed by atoms with Crippen LogP contribution in [0, 0.1) is 11.3 Å². The average Bonchev–Trinajstić information content (AvgIpc) is 2.54. The van der Waals surface area contributed by atoms with Gasteiger partial charge in [-0.15, -0.1) is 0 Å². The number of nitriles is 1. The van der Waals surface area contributed by atoms with Crippen LogP contribution in [0.4, 0.5) is 11.4 Å². The van der Waals surface area contributed by atoms with Gasteiger partial charge in [-0.05, 0) is 42.0 Å². The molecule has 0 radical (unpaired) electrons. The zero-order valence-electron chi connectivity index (χ0n) is 12.5. The van der Waals surface area contributed by atoms with E-state index in [0.29, 0.717) is 16.9 Å². The molecule has 2 aromatic rings. The molecule has 0 aliphatic rings. The Kier molecular flexibility index (Phi) is 5.26. The van der Waals surface area contributed by atoms with Gasteiger partial charge in [0.25, 0.3) is 0 Å². The van der Waals surface area contributed by atoms with Crippen LogP contribution in [-0.4, -0.2) is 11.8 Å². The highest BCUT2D eigenvalue weighted by molar-refractivity contribution is 6.02. The predicted octanol–water partition coefficient (Wildman–Crippen LogP) is 3.17. The maximum absolute atomic E-state index is 11.9. The largest absolute Gasteiger partial charge is 0.326 e. The number of hydrogen-bond donors (Lipinski definition) is 2. The molecule has 2 N–H and O–H groups in total. The number of benzene rings is 2. The van der Waals surface area contributed by atoms with Gasteiger partial charge in [-0.3, -0.25) is 9.59 Å². The first-order valence-corrected chi connectivity index (χ1v) is 6.94. The first-order valence-electron chi connectivity index (χ1n) is 6.94. The highest BCUT2D eigenvalue weighted by atomic mass is 16.2. The molecule has 0 spiro atoms. The van der Waals surface area contributed by atoms with Crippen molar-refractivity contribution >= 4 is 29.3 Å². The Morgan fingerprint density at radius 3 is 2.43 bits per heavy atom. The number of anilines is 2. The Morgan fingerprint density at radius 2 is 1.78 bits per heavy atom. The standard InChI is InChI=1S/C18H15N3O2/c1-13(22)20-16-8-5-14(6-9-16)7-10-18(23)21-17-4-2-3-15(11-17)12-19/h2-11H,1H3,(H,20,22)(H,21,23)/b10-7+. The molecule has 0 atom stereocenters. The Morgan fingerprint density at radius 1 is 1.04 bits per heavy atom. The van der Waals surface area contributed by atoms with Crippen LogP contribution < -0.4 is 10.6 Å². The molecule has 114 valence electrons. The van der Waals surface area contributed by atoms with Crippen LogP contribution in [0.15, 0.2) is 54.6 Å². The number of nitrogens with one attached hydrogen (secondary N) is 2. The summed E-state index contributed by atoms with van der Waals surface area (Å²) in [5.41, 5.74) is 2.59. The van der Waals surface area contributed by atoms with Crippen molar-refractivity contribution in [3.63, 3.8) is 0 Å². The molecular weight excluding hydrogens is 290 g/mol. The summed E-state index contributed by atoms with van der Waals surface area (Å²) < 4.78 is 0. The SMILES string of the molecule is CC(=O)Nc1ccc(/C=C/C(=O)Nc2cccc(C#N)c2)cc1. The molecule has 0 unspecified atom stereocenters. The van der Waals surface area contributed by atoms with Gasteiger partial charge in [0.15, 0.2) is 0 Å². The molecule has 2 amide bonds. The van der Waals surface area contributed by atoms with Gasteiger partial charge >= 0.3 is 0 Å². The van der Waals surface area contributed by atoms with Crippen molar-refractivity contribution in [2.45, 2.75) is 6.92 Å². The lowest BCUT2D eigenvalue weighted by Gasteiger charge is -2.03. The van der Waals surface area contributed by atoms with E-state index < -0.39 is 0 Å². The molecule has 2 rings (SSSR count). The molecule has 0 saturated carbocycles. The van der Waals surface area contributed by atoms with Crippen LogP contribution in [0.1, 0.15) is 18.1 Å². The Balaban J connectivity index is 1.97. The van der Waals surface area contributed by atoms with E-state index in [4.69, 9.17) is 5.26 Å². The van der Waals surface area contributed by atoms with Crippen molar-refractivity contribution < 1.29 is 9.59 Å². The molecule has 0 saturated heterocycles. The molecule has 2 aromatic carbocycles. The summed E-state index contributed by atoms with van der Waals surface area (Å²) in [6.07, 6.45) is 3.08. The number of carbonyl (C=O) groups is 2. The molecule has 0 aliphatic heterocycles. The summed E-state index contributed by atoms with van der Waals surface area (Å²) in [4.78, 5) is 22.8. The summed E-state index contributed by atoms with van der Waals surface area (Å²) in [5, 5.41) is 14.2. The van der Waals surface area contributed by atoms with Gasteiger partial charge in [-0.2, -0.15) is 5.26 Å². The minimum absolute atomic E-state index is 0.132. The summed E-state index contributed by atoms with van der Waals surface area (Å²) in [6.45, 7) is 1.44. The first-order chi connectivity index (χ1) is 11.1. The van der Waals surface area contributed by atoms with Gasteiger partial charge in [0.1, 0.15) is 0 Å². The van der Waals surface area contributed by atoms with Crippen LogP contribution in [0.3, 0.4) is 0 Å². The monoisotopic (exact) mass is 305 g/mol. The van der Waals surface area contributed by atoms with Gasteiger partial charge in [-0.25, -0.2) is 0 Å². The van der Waals surface area contributed by atoms with E-state index >= 15 is 0 Å². The fourth-order valence-electron chi connectivity index (χ4n) is 1.90. The Labute approximate surface area is 134 Å². The molecule has 0 aliphatic carbocycles. The molecule has 0 heterocycles. The summed E-state index contributed by atoms with van der Waals surface area (Å²) in [5.74, 6) is -0.418. The Hall–Kier alpha value is -3.39. The highest BCUT2D eigenvalue weighted by Gasteiger charge is 1.99. The maximum atomic E-state index is 11.9. The number of carbonyl (C=O) groups excluding carboxylic acids is 2. The summed E-state index contributed by atoms with van der Waals surface area (Å²) in [7, 11) is 0. The van der Waals surface area contributed by atoms with E-state index in [-0.39, 0.29) is 11.8 Å². The third kappa shape index (κ3) is 5.14. The van der Waals surface area contributed by atoms with Crippen LogP contribution in [0.2, 0.25) is 0 Å². The van der Waals surface area contributed by atoms with Gasteiger partial charge in [0.05, 0.1) is 11.6 Å². The van der Waals surface area contributed by atoms with Crippen LogP contribution in [0.25, 0.3) is 6.08 Å². The minimum Gasteiger partial charge on any atom is -0.326 e. The third-order valence-corrected chi connectivity index (χ3v) is 2.92.